The van der Waals surface area contributed by atoms with Crippen molar-refractivity contribution in [3.05, 3.63) is 86.4 Å². The first kappa shape index (κ1) is 24.0. The van der Waals surface area contributed by atoms with Gasteiger partial charge < -0.3 is 9.84 Å². The SMILES string of the molecule is O=C1NC(=S)NC(=O)C1=Cc1cc(-c2cc(Cl)c(O)c(Cl)c2)ccc1OCc1ccc(Cl)cc1. The number of thiocarbonyl (C=S) groups is 1. The van der Waals surface area contributed by atoms with Gasteiger partial charge in [0, 0.05) is 10.6 Å². The Hall–Kier alpha value is -3.10. The second kappa shape index (κ2) is 10.0. The van der Waals surface area contributed by atoms with E-state index in [1.165, 1.54) is 6.08 Å². The third-order valence-electron chi connectivity index (χ3n) is 4.91. The summed E-state index contributed by atoms with van der Waals surface area (Å²) in [5.74, 6) is -1.04. The van der Waals surface area contributed by atoms with Gasteiger partial charge in [-0.05, 0) is 71.4 Å². The minimum Gasteiger partial charge on any atom is -0.505 e. The van der Waals surface area contributed by atoms with Crippen LogP contribution in [0.25, 0.3) is 17.2 Å². The van der Waals surface area contributed by atoms with Crippen LogP contribution in [0.5, 0.6) is 11.5 Å². The molecule has 3 aromatic carbocycles. The molecule has 0 spiro atoms. The zero-order chi connectivity index (χ0) is 24.4. The van der Waals surface area contributed by atoms with Crippen LogP contribution >= 0.6 is 47.0 Å². The summed E-state index contributed by atoms with van der Waals surface area (Å²) in [5, 5.41) is 15.4. The molecule has 0 unspecified atom stereocenters. The van der Waals surface area contributed by atoms with E-state index in [1.807, 2.05) is 12.1 Å². The standard InChI is InChI=1S/C24H15Cl3N2O4S/c25-16-4-1-12(2-5-16)11-33-20-6-3-13(14-9-18(26)21(30)19(27)10-14)7-15(20)8-17-22(31)28-24(34)29-23(17)32/h1-10,30H,11H2,(H2,28,29,31,32,34). The van der Waals surface area contributed by atoms with Gasteiger partial charge in [0.25, 0.3) is 11.8 Å². The smallest absolute Gasteiger partial charge is 0.263 e. The van der Waals surface area contributed by atoms with Crippen LogP contribution in [0.2, 0.25) is 15.1 Å². The van der Waals surface area contributed by atoms with E-state index in [0.717, 1.165) is 5.56 Å². The lowest BCUT2D eigenvalue weighted by molar-refractivity contribution is -0.123. The van der Waals surface area contributed by atoms with Gasteiger partial charge in [0.1, 0.15) is 17.9 Å². The van der Waals surface area contributed by atoms with Crippen molar-refractivity contribution >= 4 is 70.0 Å². The quantitative estimate of drug-likeness (QED) is 0.229. The van der Waals surface area contributed by atoms with Crippen LogP contribution in [0.1, 0.15) is 11.1 Å². The predicted octanol–water partition coefficient (Wildman–Crippen LogP) is 5.51. The Morgan fingerprint density at radius 1 is 0.882 bits per heavy atom. The normalized spacial score (nSPS) is 13.4. The van der Waals surface area contributed by atoms with Gasteiger partial charge in [0.05, 0.1) is 10.0 Å². The van der Waals surface area contributed by atoms with Crippen LogP contribution in [-0.2, 0) is 16.2 Å². The van der Waals surface area contributed by atoms with E-state index >= 15 is 0 Å². The predicted molar refractivity (Wildman–Crippen MR) is 136 cm³/mol. The van der Waals surface area contributed by atoms with Crippen molar-refractivity contribution in [2.45, 2.75) is 6.61 Å². The molecular weight excluding hydrogens is 519 g/mol. The summed E-state index contributed by atoms with van der Waals surface area (Å²) in [5.41, 5.74) is 2.49. The third-order valence-corrected chi connectivity index (χ3v) is 5.94. The molecule has 4 rings (SSSR count). The first-order valence-electron chi connectivity index (χ1n) is 9.79. The molecule has 0 aliphatic carbocycles. The molecule has 3 N–H and O–H groups in total. The molecule has 0 radical (unpaired) electrons. The second-order valence-corrected chi connectivity index (χ2v) is 8.91. The van der Waals surface area contributed by atoms with Crippen molar-refractivity contribution in [2.75, 3.05) is 0 Å². The number of hydrogen-bond donors (Lipinski definition) is 3. The summed E-state index contributed by atoms with van der Waals surface area (Å²) in [4.78, 5) is 24.8. The van der Waals surface area contributed by atoms with Crippen LogP contribution < -0.4 is 15.4 Å². The fraction of sp³-hybridized carbons (Fsp3) is 0.0417. The Bertz CT molecular complexity index is 1310. The van der Waals surface area contributed by atoms with Crippen LogP contribution in [0, 0.1) is 0 Å². The highest BCUT2D eigenvalue weighted by molar-refractivity contribution is 7.80. The van der Waals surface area contributed by atoms with E-state index in [2.05, 4.69) is 10.6 Å². The molecule has 1 aliphatic rings. The first-order valence-corrected chi connectivity index (χ1v) is 11.3. The minimum atomic E-state index is -0.626. The van der Waals surface area contributed by atoms with Crippen LogP contribution in [0.15, 0.2) is 60.2 Å². The van der Waals surface area contributed by atoms with E-state index in [0.29, 0.717) is 27.5 Å². The largest absolute Gasteiger partial charge is 0.505 e. The number of carbonyl (C=O) groups excluding carboxylic acids is 2. The van der Waals surface area contributed by atoms with Crippen molar-refractivity contribution in [3.8, 4) is 22.6 Å². The number of phenols is 1. The fourth-order valence-electron chi connectivity index (χ4n) is 3.21. The molecule has 10 heteroatoms. The Kier molecular flexibility index (Phi) is 7.09. The van der Waals surface area contributed by atoms with Gasteiger partial charge >= 0.3 is 0 Å². The zero-order valence-corrected chi connectivity index (χ0v) is 20.3. The highest BCUT2D eigenvalue weighted by Gasteiger charge is 2.26. The Morgan fingerprint density at radius 3 is 2.12 bits per heavy atom. The van der Waals surface area contributed by atoms with Gasteiger partial charge in [-0.2, -0.15) is 0 Å². The number of phenolic OH excluding ortho intramolecular Hbond substituents is 1. The van der Waals surface area contributed by atoms with Crippen LogP contribution in [0.4, 0.5) is 0 Å². The lowest BCUT2D eigenvalue weighted by Crippen LogP contribution is -2.51. The summed E-state index contributed by atoms with van der Waals surface area (Å²) >= 11 is 23.0. The van der Waals surface area contributed by atoms with Gasteiger partial charge in [-0.1, -0.05) is 53.0 Å². The van der Waals surface area contributed by atoms with E-state index in [1.54, 1.807) is 42.5 Å². The molecule has 1 heterocycles. The molecule has 1 aliphatic heterocycles. The van der Waals surface area contributed by atoms with E-state index in [9.17, 15) is 14.7 Å². The average Bonchev–Trinajstić information content (AvgIpc) is 2.79. The van der Waals surface area contributed by atoms with E-state index in [4.69, 9.17) is 51.8 Å². The van der Waals surface area contributed by atoms with Crippen LogP contribution in [0.3, 0.4) is 0 Å². The number of amides is 2. The van der Waals surface area contributed by atoms with Gasteiger partial charge in [0.15, 0.2) is 10.9 Å². The van der Waals surface area contributed by atoms with Crippen molar-refractivity contribution in [1.29, 1.82) is 0 Å². The highest BCUT2D eigenvalue weighted by atomic mass is 35.5. The Labute approximate surface area is 215 Å². The minimum absolute atomic E-state index is 0.0616. The van der Waals surface area contributed by atoms with Crippen molar-refractivity contribution in [3.63, 3.8) is 0 Å². The van der Waals surface area contributed by atoms with Crippen LogP contribution in [-0.4, -0.2) is 22.0 Å². The maximum absolute atomic E-state index is 12.4. The molecule has 172 valence electrons. The molecule has 6 nitrogen and oxygen atoms in total. The number of ether oxygens (including phenoxy) is 1. The number of aromatic hydroxyl groups is 1. The molecule has 1 saturated heterocycles. The number of halogens is 3. The molecule has 3 aromatic rings. The summed E-state index contributed by atoms with van der Waals surface area (Å²) in [6.45, 7) is 0.228. The molecule has 0 aromatic heterocycles. The lowest BCUT2D eigenvalue weighted by Gasteiger charge is -2.17. The Balaban J connectivity index is 1.75. The number of rotatable bonds is 5. The number of benzene rings is 3. The number of nitrogens with one attached hydrogen (secondary N) is 2. The molecule has 34 heavy (non-hydrogen) atoms. The lowest BCUT2D eigenvalue weighted by atomic mass is 10.00. The molecule has 1 fully saturated rings. The number of hydrogen-bond acceptors (Lipinski definition) is 5. The first-order chi connectivity index (χ1) is 16.2. The molecule has 0 atom stereocenters. The van der Waals surface area contributed by atoms with Gasteiger partial charge in [-0.25, -0.2) is 0 Å². The van der Waals surface area contributed by atoms with E-state index in [-0.39, 0.29) is 33.1 Å². The summed E-state index contributed by atoms with van der Waals surface area (Å²) in [6, 6.07) is 15.5. The fourth-order valence-corrected chi connectivity index (χ4v) is 4.01. The van der Waals surface area contributed by atoms with Gasteiger partial charge in [0.2, 0.25) is 0 Å². The molecule has 0 saturated carbocycles. The monoisotopic (exact) mass is 532 g/mol. The van der Waals surface area contributed by atoms with Crippen molar-refractivity contribution < 1.29 is 19.4 Å². The third kappa shape index (κ3) is 5.34. The van der Waals surface area contributed by atoms with Crippen molar-refractivity contribution in [1.82, 2.24) is 10.6 Å². The maximum Gasteiger partial charge on any atom is 0.263 e. The second-order valence-electron chi connectivity index (χ2n) is 7.25. The van der Waals surface area contributed by atoms with Gasteiger partial charge in [-0.15, -0.1) is 0 Å². The zero-order valence-electron chi connectivity index (χ0n) is 17.2. The maximum atomic E-state index is 12.4. The Morgan fingerprint density at radius 2 is 1.50 bits per heavy atom. The highest BCUT2D eigenvalue weighted by Crippen LogP contribution is 2.38. The van der Waals surface area contributed by atoms with Gasteiger partial charge in [-0.3, -0.25) is 20.2 Å². The number of carbonyl (C=O) groups is 2. The van der Waals surface area contributed by atoms with Crippen molar-refractivity contribution in [2.24, 2.45) is 0 Å². The summed E-state index contributed by atoms with van der Waals surface area (Å²) < 4.78 is 5.98. The molecule has 2 amide bonds. The molecule has 0 bridgehead atoms. The average molecular weight is 534 g/mol. The topological polar surface area (TPSA) is 87.7 Å². The van der Waals surface area contributed by atoms with E-state index < -0.39 is 11.8 Å². The molecular formula is C24H15Cl3N2O4S. The summed E-state index contributed by atoms with van der Waals surface area (Å²) in [6.07, 6.45) is 1.41. The summed E-state index contributed by atoms with van der Waals surface area (Å²) in [7, 11) is 0.